The van der Waals surface area contributed by atoms with Gasteiger partial charge in [0, 0.05) is 24.1 Å². The maximum absolute atomic E-state index is 13.5. The molecule has 3 rings (SSSR count). The number of carboxylic acid groups (broad SMARTS) is 1. The van der Waals surface area contributed by atoms with Crippen molar-refractivity contribution in [2.45, 2.75) is 37.8 Å². The number of ketones is 1. The van der Waals surface area contributed by atoms with Crippen molar-refractivity contribution in [3.05, 3.63) is 71.9 Å². The van der Waals surface area contributed by atoms with E-state index in [9.17, 15) is 19.5 Å². The summed E-state index contributed by atoms with van der Waals surface area (Å²) in [6.45, 7) is 4.42. The number of aromatic nitrogens is 1. The number of nitrogens with one attached hydrogen (secondary N) is 1. The van der Waals surface area contributed by atoms with Crippen LogP contribution in [-0.2, 0) is 14.3 Å². The monoisotopic (exact) mass is 451 g/mol. The molecule has 0 aliphatic rings. The molecule has 1 heterocycles. The molecule has 1 aromatic heterocycles. The van der Waals surface area contributed by atoms with Gasteiger partial charge in [0.05, 0.1) is 12.5 Å². The van der Waals surface area contributed by atoms with Gasteiger partial charge in [0.1, 0.15) is 5.60 Å². The number of aliphatic carboxylic acids is 1. The largest absolute Gasteiger partial charge is 0.479 e. The summed E-state index contributed by atoms with van der Waals surface area (Å²) in [4.78, 5) is 43.7. The topological polar surface area (TPSA) is 126 Å². The van der Waals surface area contributed by atoms with Crippen LogP contribution in [0.4, 0.5) is 4.79 Å². The van der Waals surface area contributed by atoms with Crippen LogP contribution in [0.1, 0.15) is 37.8 Å². The number of likely N-dealkylation sites (N-methyl/N-ethyl adjacent to an activating group) is 1. The summed E-state index contributed by atoms with van der Waals surface area (Å²) >= 11 is 0. The molecule has 0 bridgehead atoms. The number of ether oxygens (including phenoxy) is 1. The van der Waals surface area contributed by atoms with E-state index in [-0.39, 0.29) is 0 Å². The lowest BCUT2D eigenvalue weighted by atomic mass is 9.71. The Hall–Kier alpha value is -3.65. The fraction of sp³-hybridized carbons (Fsp3) is 0.320. The number of carboxylic acids is 1. The molecule has 4 N–H and O–H groups in total. The number of fused-ring (bicyclic) bond motifs is 1. The molecule has 0 saturated heterocycles. The molecule has 174 valence electrons. The Bertz CT molecular complexity index is 1170. The van der Waals surface area contributed by atoms with E-state index in [0.29, 0.717) is 11.1 Å². The highest BCUT2D eigenvalue weighted by molar-refractivity contribution is 6.12. The van der Waals surface area contributed by atoms with Crippen molar-refractivity contribution in [3.8, 4) is 0 Å². The summed E-state index contributed by atoms with van der Waals surface area (Å²) in [5.41, 5.74) is 4.35. The standard InChI is InChI=1S/C25H29N3O5/c1-24(2,3)33-23(32)28(4)25(22(30)31,20(29)14-26)21(16-10-6-5-7-11-16)18-15-27-19-13-9-8-12-17(18)19/h5-13,15,21,27H,14,26H2,1-4H3,(H,30,31)/t21?,25-/m0/s1. The van der Waals surface area contributed by atoms with Gasteiger partial charge in [-0.15, -0.1) is 0 Å². The van der Waals surface area contributed by atoms with Crippen LogP contribution in [0.25, 0.3) is 10.9 Å². The van der Waals surface area contributed by atoms with Gasteiger partial charge in [-0.25, -0.2) is 9.59 Å². The summed E-state index contributed by atoms with van der Waals surface area (Å²) in [5, 5.41) is 11.3. The van der Waals surface area contributed by atoms with Gasteiger partial charge in [-0.2, -0.15) is 0 Å². The Balaban J connectivity index is 2.37. The summed E-state index contributed by atoms with van der Waals surface area (Å²) in [7, 11) is 1.26. The zero-order chi connectivity index (χ0) is 24.4. The summed E-state index contributed by atoms with van der Waals surface area (Å²) < 4.78 is 5.46. The second-order valence-corrected chi connectivity index (χ2v) is 8.87. The van der Waals surface area contributed by atoms with Crippen LogP contribution in [0.2, 0.25) is 0 Å². The number of para-hydroxylation sites is 1. The Morgan fingerprint density at radius 3 is 2.24 bits per heavy atom. The second-order valence-electron chi connectivity index (χ2n) is 8.87. The number of amides is 1. The van der Waals surface area contributed by atoms with E-state index in [4.69, 9.17) is 10.5 Å². The lowest BCUT2D eigenvalue weighted by molar-refractivity contribution is -0.157. The lowest BCUT2D eigenvalue weighted by Gasteiger charge is -2.42. The van der Waals surface area contributed by atoms with Gasteiger partial charge in [0.2, 0.25) is 5.54 Å². The molecule has 2 atom stereocenters. The van der Waals surface area contributed by atoms with Gasteiger partial charge in [-0.05, 0) is 38.0 Å². The van der Waals surface area contributed by atoms with Crippen LogP contribution >= 0.6 is 0 Å². The maximum atomic E-state index is 13.5. The van der Waals surface area contributed by atoms with Crippen molar-refractivity contribution in [2.75, 3.05) is 13.6 Å². The first-order chi connectivity index (χ1) is 15.5. The smallest absolute Gasteiger partial charge is 0.411 e. The lowest BCUT2D eigenvalue weighted by Crippen LogP contribution is -2.66. The normalized spacial score (nSPS) is 14.3. The minimum atomic E-state index is -2.36. The molecule has 0 aliphatic heterocycles. The van der Waals surface area contributed by atoms with E-state index < -0.39 is 41.4 Å². The van der Waals surface area contributed by atoms with Crippen molar-refractivity contribution in [1.82, 2.24) is 9.88 Å². The maximum Gasteiger partial charge on any atom is 0.411 e. The molecule has 0 spiro atoms. The third-order valence-electron chi connectivity index (χ3n) is 5.62. The fourth-order valence-electron chi connectivity index (χ4n) is 4.18. The van der Waals surface area contributed by atoms with Gasteiger partial charge in [-0.1, -0.05) is 48.5 Å². The fourth-order valence-corrected chi connectivity index (χ4v) is 4.18. The molecule has 8 heteroatoms. The molecule has 1 unspecified atom stereocenters. The van der Waals surface area contributed by atoms with E-state index in [0.717, 1.165) is 15.8 Å². The number of rotatable bonds is 7. The zero-order valence-electron chi connectivity index (χ0n) is 19.2. The highest BCUT2D eigenvalue weighted by Gasteiger charge is 2.58. The molecule has 8 nitrogen and oxygen atoms in total. The number of Topliss-reactive ketones (excluding diaryl/α,β-unsaturated/α-hetero) is 1. The minimum Gasteiger partial charge on any atom is -0.479 e. The minimum absolute atomic E-state index is 0.543. The van der Waals surface area contributed by atoms with E-state index >= 15 is 0 Å². The van der Waals surface area contributed by atoms with Crippen LogP contribution < -0.4 is 5.73 Å². The van der Waals surface area contributed by atoms with Gasteiger partial charge in [-0.3, -0.25) is 9.69 Å². The van der Waals surface area contributed by atoms with Crippen LogP contribution in [0.5, 0.6) is 0 Å². The average molecular weight is 452 g/mol. The molecule has 1 amide bonds. The molecule has 0 aliphatic carbocycles. The van der Waals surface area contributed by atoms with Crippen molar-refractivity contribution >= 4 is 28.7 Å². The third-order valence-corrected chi connectivity index (χ3v) is 5.62. The molecule has 3 aromatic rings. The summed E-state index contributed by atoms with van der Waals surface area (Å²) in [6.07, 6.45) is 0.736. The van der Waals surface area contributed by atoms with Crippen LogP contribution in [0, 0.1) is 0 Å². The number of H-pyrrole nitrogens is 1. The van der Waals surface area contributed by atoms with Crippen molar-refractivity contribution in [1.29, 1.82) is 0 Å². The number of benzene rings is 2. The average Bonchev–Trinajstić information content (AvgIpc) is 3.19. The Morgan fingerprint density at radius 2 is 1.67 bits per heavy atom. The predicted octanol–water partition coefficient (Wildman–Crippen LogP) is 3.52. The predicted molar refractivity (Wildman–Crippen MR) is 125 cm³/mol. The number of nitrogens with zero attached hydrogens (tertiary/aromatic N) is 1. The first-order valence-electron chi connectivity index (χ1n) is 10.6. The van der Waals surface area contributed by atoms with E-state index in [1.165, 1.54) is 7.05 Å². The molecule has 0 saturated carbocycles. The van der Waals surface area contributed by atoms with Crippen LogP contribution in [-0.4, -0.2) is 57.6 Å². The molecule has 0 fully saturated rings. The van der Waals surface area contributed by atoms with Gasteiger partial charge >= 0.3 is 12.1 Å². The van der Waals surface area contributed by atoms with Crippen LogP contribution in [0.3, 0.4) is 0 Å². The summed E-state index contributed by atoms with van der Waals surface area (Å²) in [5.74, 6) is -3.38. The number of carbonyl (C=O) groups is 3. The van der Waals surface area contributed by atoms with Crippen molar-refractivity contribution < 1.29 is 24.2 Å². The second kappa shape index (κ2) is 9.07. The Labute approximate surface area is 192 Å². The van der Waals surface area contributed by atoms with Crippen LogP contribution in [0.15, 0.2) is 60.8 Å². The number of aromatic amines is 1. The molecule has 0 radical (unpaired) electrons. The SMILES string of the molecule is CN(C(=O)OC(C)(C)C)[C@@](C(=O)O)(C(=O)CN)C(c1ccccc1)c1c[nH]c2ccccc12. The van der Waals surface area contributed by atoms with E-state index in [2.05, 4.69) is 4.98 Å². The zero-order valence-corrected chi connectivity index (χ0v) is 19.2. The Kier molecular flexibility index (Phi) is 6.60. The first-order valence-corrected chi connectivity index (χ1v) is 10.6. The van der Waals surface area contributed by atoms with E-state index in [1.807, 2.05) is 24.3 Å². The molecule has 33 heavy (non-hydrogen) atoms. The van der Waals surface area contributed by atoms with E-state index in [1.54, 1.807) is 57.3 Å². The van der Waals surface area contributed by atoms with Gasteiger partial charge in [0.25, 0.3) is 0 Å². The quantitative estimate of drug-likeness (QED) is 0.472. The molecule has 2 aromatic carbocycles. The first kappa shape index (κ1) is 24.0. The molecular formula is C25H29N3O5. The highest BCUT2D eigenvalue weighted by atomic mass is 16.6. The third kappa shape index (κ3) is 4.34. The van der Waals surface area contributed by atoms with Crippen molar-refractivity contribution in [2.24, 2.45) is 5.73 Å². The van der Waals surface area contributed by atoms with Gasteiger partial charge < -0.3 is 20.6 Å². The number of nitrogens with two attached hydrogens (primary N) is 1. The molecular weight excluding hydrogens is 422 g/mol. The number of hydrogen-bond donors (Lipinski definition) is 3. The number of carbonyl (C=O) groups excluding carboxylic acids is 2. The Morgan fingerprint density at radius 1 is 1.06 bits per heavy atom. The number of hydrogen-bond acceptors (Lipinski definition) is 5. The van der Waals surface area contributed by atoms with Gasteiger partial charge in [0.15, 0.2) is 5.78 Å². The summed E-state index contributed by atoms with van der Waals surface area (Å²) in [6, 6.07) is 16.1. The van der Waals surface area contributed by atoms with Crippen molar-refractivity contribution in [3.63, 3.8) is 0 Å². The highest BCUT2D eigenvalue weighted by Crippen LogP contribution is 2.43.